The molecule has 1 aromatic carbocycles. The molecule has 0 aliphatic heterocycles. The lowest BCUT2D eigenvalue weighted by Crippen LogP contribution is -2.25. The van der Waals surface area contributed by atoms with E-state index in [2.05, 4.69) is 15.7 Å². The van der Waals surface area contributed by atoms with Gasteiger partial charge in [-0.2, -0.15) is 5.10 Å². The van der Waals surface area contributed by atoms with Gasteiger partial charge in [-0.05, 0) is 44.2 Å². The summed E-state index contributed by atoms with van der Waals surface area (Å²) in [4.78, 5) is 23.2. The molecule has 128 valence electrons. The van der Waals surface area contributed by atoms with Crippen molar-refractivity contribution in [2.24, 2.45) is 0 Å². The topological polar surface area (TPSA) is 76.0 Å². The van der Waals surface area contributed by atoms with Crippen LogP contribution in [0.5, 0.6) is 0 Å². The Kier molecular flexibility index (Phi) is 5.28. The monoisotopic (exact) mass is 336 g/mol. The minimum absolute atomic E-state index is 0.190. The number of anilines is 2. The highest BCUT2D eigenvalue weighted by Gasteiger charge is 2.21. The zero-order chi connectivity index (χ0) is 17.9. The average Bonchev–Trinajstić information content (AvgIpc) is 2.90. The normalized spacial score (nSPS) is 12.1. The molecule has 0 bridgehead atoms. The average molecular weight is 336 g/mol. The molecule has 1 heterocycles. The number of hydrogen-bond acceptors (Lipinski definition) is 3. The minimum Gasteiger partial charge on any atom is -0.326 e. The van der Waals surface area contributed by atoms with Gasteiger partial charge in [0.2, 0.25) is 11.8 Å². The van der Waals surface area contributed by atoms with Crippen molar-refractivity contribution in [3.63, 3.8) is 0 Å². The smallest absolute Gasteiger partial charge is 0.282 e. The van der Waals surface area contributed by atoms with Gasteiger partial charge in [-0.3, -0.25) is 14.3 Å². The second kappa shape index (κ2) is 7.20. The fourth-order valence-corrected chi connectivity index (χ4v) is 2.21. The number of amides is 2. The van der Waals surface area contributed by atoms with Crippen LogP contribution < -0.4 is 10.6 Å². The molecule has 0 fully saturated rings. The quantitative estimate of drug-likeness (QED) is 0.880. The van der Waals surface area contributed by atoms with E-state index in [9.17, 15) is 18.4 Å². The molecule has 0 radical (unpaired) electrons. The molecule has 2 amide bonds. The Balaban J connectivity index is 2.07. The first-order chi connectivity index (χ1) is 11.3. The van der Waals surface area contributed by atoms with E-state index in [1.807, 2.05) is 0 Å². The first kappa shape index (κ1) is 17.6. The lowest BCUT2D eigenvalue weighted by Gasteiger charge is -2.14. The Bertz CT molecular complexity index is 741. The molecule has 0 aliphatic carbocycles. The number of carbonyl (C=O) groups excluding carboxylic acids is 2. The van der Waals surface area contributed by atoms with Gasteiger partial charge in [-0.15, -0.1) is 0 Å². The van der Waals surface area contributed by atoms with E-state index in [0.29, 0.717) is 17.1 Å². The van der Waals surface area contributed by atoms with Crippen molar-refractivity contribution in [2.45, 2.75) is 33.2 Å². The fourth-order valence-electron chi connectivity index (χ4n) is 2.21. The summed E-state index contributed by atoms with van der Waals surface area (Å²) >= 11 is 0. The zero-order valence-corrected chi connectivity index (χ0v) is 13.5. The molecule has 0 aliphatic rings. The van der Waals surface area contributed by atoms with Gasteiger partial charge in [0.05, 0.1) is 0 Å². The van der Waals surface area contributed by atoms with E-state index < -0.39 is 12.5 Å². The lowest BCUT2D eigenvalue weighted by atomic mass is 10.2. The van der Waals surface area contributed by atoms with Crippen molar-refractivity contribution >= 4 is 23.2 Å². The zero-order valence-electron chi connectivity index (χ0n) is 13.5. The van der Waals surface area contributed by atoms with Gasteiger partial charge in [0.1, 0.15) is 11.7 Å². The molecule has 1 aromatic heterocycles. The van der Waals surface area contributed by atoms with E-state index >= 15 is 0 Å². The summed E-state index contributed by atoms with van der Waals surface area (Å²) in [7, 11) is 0. The number of carbonyl (C=O) groups is 2. The summed E-state index contributed by atoms with van der Waals surface area (Å²) in [5.74, 6) is -0.571. The third-order valence-electron chi connectivity index (χ3n) is 3.38. The van der Waals surface area contributed by atoms with Crippen LogP contribution in [0.25, 0.3) is 0 Å². The third-order valence-corrected chi connectivity index (χ3v) is 3.38. The SMILES string of the molecule is CC(=O)Nc1ccc(NC(=O)C(C)n2nc(C(F)F)cc2C)cc1. The molecular weight excluding hydrogens is 318 g/mol. The molecule has 2 aromatic rings. The van der Waals surface area contributed by atoms with Crippen LogP contribution in [0.1, 0.15) is 37.7 Å². The highest BCUT2D eigenvalue weighted by atomic mass is 19.3. The standard InChI is InChI=1S/C16H18F2N4O2/c1-9-8-14(15(17)18)21-22(9)10(2)16(24)20-13-6-4-12(5-7-13)19-11(3)23/h4-8,10,15H,1-3H3,(H,19,23)(H,20,24). The first-order valence-corrected chi connectivity index (χ1v) is 7.30. The predicted octanol–water partition coefficient (Wildman–Crippen LogP) is 3.29. The van der Waals surface area contributed by atoms with Crippen molar-refractivity contribution in [3.05, 3.63) is 41.7 Å². The highest BCUT2D eigenvalue weighted by molar-refractivity contribution is 5.94. The Morgan fingerprint density at radius 3 is 2.12 bits per heavy atom. The Hall–Kier alpha value is -2.77. The summed E-state index contributed by atoms with van der Waals surface area (Å²) in [6, 6.07) is 7.09. The van der Waals surface area contributed by atoms with Crippen LogP contribution in [-0.4, -0.2) is 21.6 Å². The van der Waals surface area contributed by atoms with Crippen molar-refractivity contribution in [3.8, 4) is 0 Å². The van der Waals surface area contributed by atoms with Crippen LogP contribution in [-0.2, 0) is 9.59 Å². The Labute approximate surface area is 137 Å². The van der Waals surface area contributed by atoms with E-state index in [-0.39, 0.29) is 17.5 Å². The molecule has 6 nitrogen and oxygen atoms in total. The van der Waals surface area contributed by atoms with E-state index in [1.165, 1.54) is 17.7 Å². The van der Waals surface area contributed by atoms with Gasteiger partial charge in [-0.1, -0.05) is 0 Å². The number of aromatic nitrogens is 2. The number of hydrogen-bond donors (Lipinski definition) is 2. The number of nitrogens with one attached hydrogen (secondary N) is 2. The second-order valence-electron chi connectivity index (χ2n) is 5.38. The van der Waals surface area contributed by atoms with Gasteiger partial charge < -0.3 is 10.6 Å². The van der Waals surface area contributed by atoms with Crippen LogP contribution in [0.3, 0.4) is 0 Å². The van der Waals surface area contributed by atoms with E-state index in [0.717, 1.165) is 0 Å². The van der Waals surface area contributed by atoms with Crippen LogP contribution in [0.4, 0.5) is 20.2 Å². The molecule has 24 heavy (non-hydrogen) atoms. The summed E-state index contributed by atoms with van der Waals surface area (Å²) in [5, 5.41) is 9.08. The van der Waals surface area contributed by atoms with Crippen molar-refractivity contribution in [1.29, 1.82) is 0 Å². The lowest BCUT2D eigenvalue weighted by molar-refractivity contribution is -0.119. The summed E-state index contributed by atoms with van der Waals surface area (Å²) < 4.78 is 26.7. The molecule has 0 saturated heterocycles. The third kappa shape index (κ3) is 4.15. The van der Waals surface area contributed by atoms with Crippen LogP contribution >= 0.6 is 0 Å². The maximum absolute atomic E-state index is 12.7. The number of alkyl halides is 2. The summed E-state index contributed by atoms with van der Waals surface area (Å²) in [6.45, 7) is 4.60. The minimum atomic E-state index is -2.68. The molecular formula is C16H18F2N4O2. The van der Waals surface area contributed by atoms with Crippen LogP contribution in [0, 0.1) is 6.92 Å². The number of halogens is 2. The number of aryl methyl sites for hydroxylation is 1. The molecule has 0 saturated carbocycles. The second-order valence-corrected chi connectivity index (χ2v) is 5.38. The van der Waals surface area contributed by atoms with Gasteiger partial charge >= 0.3 is 0 Å². The van der Waals surface area contributed by atoms with Crippen molar-refractivity contribution < 1.29 is 18.4 Å². The number of benzene rings is 1. The Morgan fingerprint density at radius 1 is 1.12 bits per heavy atom. The molecule has 0 spiro atoms. The van der Waals surface area contributed by atoms with Crippen molar-refractivity contribution in [1.82, 2.24) is 9.78 Å². The summed E-state index contributed by atoms with van der Waals surface area (Å²) in [6.07, 6.45) is -2.68. The molecule has 1 atom stereocenters. The van der Waals surface area contributed by atoms with Gasteiger partial charge in [0, 0.05) is 24.0 Å². The largest absolute Gasteiger partial charge is 0.326 e. The molecule has 1 unspecified atom stereocenters. The van der Waals surface area contributed by atoms with Crippen LogP contribution in [0.15, 0.2) is 30.3 Å². The highest BCUT2D eigenvalue weighted by Crippen LogP contribution is 2.21. The number of rotatable bonds is 5. The van der Waals surface area contributed by atoms with Gasteiger partial charge in [0.15, 0.2) is 0 Å². The molecule has 2 rings (SSSR count). The molecule has 8 heteroatoms. The number of nitrogens with zero attached hydrogens (tertiary/aromatic N) is 2. The van der Waals surface area contributed by atoms with E-state index in [1.54, 1.807) is 38.1 Å². The van der Waals surface area contributed by atoms with Gasteiger partial charge in [-0.25, -0.2) is 8.78 Å². The first-order valence-electron chi connectivity index (χ1n) is 7.30. The van der Waals surface area contributed by atoms with E-state index in [4.69, 9.17) is 0 Å². The van der Waals surface area contributed by atoms with Crippen LogP contribution in [0.2, 0.25) is 0 Å². The molecule has 2 N–H and O–H groups in total. The maximum atomic E-state index is 12.7. The Morgan fingerprint density at radius 2 is 1.67 bits per heavy atom. The predicted molar refractivity (Wildman–Crippen MR) is 86.0 cm³/mol. The van der Waals surface area contributed by atoms with Gasteiger partial charge in [0.25, 0.3) is 6.43 Å². The van der Waals surface area contributed by atoms with Crippen molar-refractivity contribution in [2.75, 3.05) is 10.6 Å². The summed E-state index contributed by atoms with van der Waals surface area (Å²) in [5.41, 5.74) is 1.26. The fraction of sp³-hybridized carbons (Fsp3) is 0.312. The maximum Gasteiger partial charge on any atom is 0.282 e.